The highest BCUT2D eigenvalue weighted by Crippen LogP contribution is 2.26. The number of likely N-dealkylation sites (N-methyl/N-ethyl adjacent to an activating group) is 1. The Kier molecular flexibility index (Phi) is 6.19. The van der Waals surface area contributed by atoms with Crippen LogP contribution in [0.15, 0.2) is 0 Å². The molecule has 1 saturated heterocycles. The highest BCUT2D eigenvalue weighted by atomic mass is 32.2. The molecular formula is C14H27N3O4S. The summed E-state index contributed by atoms with van der Waals surface area (Å²) in [6.45, 7) is 5.23. The fourth-order valence-corrected chi connectivity index (χ4v) is 4.54. The van der Waals surface area contributed by atoms with Gasteiger partial charge in [0.25, 0.3) is 0 Å². The molecule has 1 aliphatic carbocycles. The van der Waals surface area contributed by atoms with E-state index >= 15 is 0 Å². The molecule has 2 N–H and O–H groups in total. The Hall–Kier alpha value is -0.700. The Balaban J connectivity index is 1.70. The fourth-order valence-electron chi connectivity index (χ4n) is 3.22. The summed E-state index contributed by atoms with van der Waals surface area (Å²) >= 11 is 0. The van der Waals surface area contributed by atoms with Crippen molar-refractivity contribution in [2.75, 3.05) is 38.5 Å². The normalized spacial score (nSPS) is 26.3. The lowest BCUT2D eigenvalue weighted by Crippen LogP contribution is -2.55. The van der Waals surface area contributed by atoms with Gasteiger partial charge >= 0.3 is 5.97 Å². The molecule has 1 saturated carbocycles. The first kappa shape index (κ1) is 17.7. The Morgan fingerprint density at radius 2 is 1.95 bits per heavy atom. The Labute approximate surface area is 132 Å². The first-order valence-corrected chi connectivity index (χ1v) is 9.73. The van der Waals surface area contributed by atoms with Gasteiger partial charge in [0.1, 0.15) is 0 Å². The van der Waals surface area contributed by atoms with Crippen molar-refractivity contribution in [3.8, 4) is 0 Å². The SMILES string of the molecule is CCN(CC(=O)O)C1CC(NS(=O)(=O)CCN2CCCC2)C1. The van der Waals surface area contributed by atoms with Crippen molar-refractivity contribution < 1.29 is 18.3 Å². The van der Waals surface area contributed by atoms with Crippen LogP contribution in [0.3, 0.4) is 0 Å². The predicted molar refractivity (Wildman–Crippen MR) is 84.3 cm³/mol. The van der Waals surface area contributed by atoms with Crippen molar-refractivity contribution in [1.82, 2.24) is 14.5 Å². The van der Waals surface area contributed by atoms with Crippen LogP contribution in [-0.2, 0) is 14.8 Å². The number of hydrogen-bond acceptors (Lipinski definition) is 5. The maximum absolute atomic E-state index is 12.1. The number of nitrogens with one attached hydrogen (secondary N) is 1. The first-order valence-electron chi connectivity index (χ1n) is 8.08. The molecule has 128 valence electrons. The average Bonchev–Trinajstić information content (AvgIpc) is 2.91. The van der Waals surface area contributed by atoms with Gasteiger partial charge in [-0.15, -0.1) is 0 Å². The van der Waals surface area contributed by atoms with Gasteiger partial charge in [-0.2, -0.15) is 0 Å². The molecule has 0 radical (unpaired) electrons. The number of nitrogens with zero attached hydrogens (tertiary/aromatic N) is 2. The smallest absolute Gasteiger partial charge is 0.317 e. The predicted octanol–water partition coefficient (Wildman–Crippen LogP) is -0.0609. The molecule has 2 rings (SSSR count). The van der Waals surface area contributed by atoms with Crippen LogP contribution in [0.2, 0.25) is 0 Å². The van der Waals surface area contributed by atoms with E-state index in [1.165, 1.54) is 0 Å². The van der Waals surface area contributed by atoms with Gasteiger partial charge in [-0.3, -0.25) is 9.69 Å². The van der Waals surface area contributed by atoms with Crippen molar-refractivity contribution in [3.05, 3.63) is 0 Å². The molecule has 0 aromatic rings. The monoisotopic (exact) mass is 333 g/mol. The largest absolute Gasteiger partial charge is 0.480 e. The molecule has 2 aliphatic rings. The van der Waals surface area contributed by atoms with Crippen molar-refractivity contribution >= 4 is 16.0 Å². The molecule has 0 spiro atoms. The third-order valence-corrected chi connectivity index (χ3v) is 6.01. The summed E-state index contributed by atoms with van der Waals surface area (Å²) in [6, 6.07) is 0.129. The first-order chi connectivity index (χ1) is 10.4. The molecule has 1 aliphatic heterocycles. The van der Waals surface area contributed by atoms with E-state index in [4.69, 9.17) is 5.11 Å². The van der Waals surface area contributed by atoms with Gasteiger partial charge in [-0.05, 0) is 45.3 Å². The fraction of sp³-hybridized carbons (Fsp3) is 0.929. The van der Waals surface area contributed by atoms with Gasteiger partial charge in [0.05, 0.1) is 12.3 Å². The van der Waals surface area contributed by atoms with Gasteiger partial charge in [-0.25, -0.2) is 13.1 Å². The quantitative estimate of drug-likeness (QED) is 0.614. The zero-order valence-electron chi connectivity index (χ0n) is 13.2. The number of rotatable bonds is 9. The Bertz CT molecular complexity index is 470. The van der Waals surface area contributed by atoms with Gasteiger partial charge < -0.3 is 10.0 Å². The lowest BCUT2D eigenvalue weighted by molar-refractivity contribution is -0.139. The molecule has 0 aromatic carbocycles. The molecule has 8 heteroatoms. The lowest BCUT2D eigenvalue weighted by Gasteiger charge is -2.42. The Morgan fingerprint density at radius 3 is 2.50 bits per heavy atom. The minimum atomic E-state index is -3.23. The summed E-state index contributed by atoms with van der Waals surface area (Å²) in [5, 5.41) is 8.85. The van der Waals surface area contributed by atoms with Crippen LogP contribution < -0.4 is 4.72 Å². The molecule has 22 heavy (non-hydrogen) atoms. The molecule has 0 amide bonds. The standard InChI is InChI=1S/C14H27N3O4S/c1-2-17(11-14(18)19)13-9-12(10-13)15-22(20,21)8-7-16-5-3-4-6-16/h12-13,15H,2-11H2,1H3,(H,18,19). The summed E-state index contributed by atoms with van der Waals surface area (Å²) in [6.07, 6.45) is 3.72. The van der Waals surface area contributed by atoms with E-state index in [0.29, 0.717) is 25.9 Å². The van der Waals surface area contributed by atoms with Crippen molar-refractivity contribution in [2.45, 2.75) is 44.7 Å². The van der Waals surface area contributed by atoms with Crippen LogP contribution in [0.5, 0.6) is 0 Å². The van der Waals surface area contributed by atoms with Gasteiger partial charge in [0.15, 0.2) is 0 Å². The van der Waals surface area contributed by atoms with E-state index in [9.17, 15) is 13.2 Å². The van der Waals surface area contributed by atoms with Gasteiger partial charge in [-0.1, -0.05) is 6.92 Å². The molecular weight excluding hydrogens is 306 g/mol. The molecule has 0 atom stereocenters. The second-order valence-corrected chi connectivity index (χ2v) is 8.14. The highest BCUT2D eigenvalue weighted by Gasteiger charge is 2.35. The summed E-state index contributed by atoms with van der Waals surface area (Å²) in [4.78, 5) is 14.9. The van der Waals surface area contributed by atoms with E-state index in [2.05, 4.69) is 9.62 Å². The number of aliphatic carboxylic acids is 1. The highest BCUT2D eigenvalue weighted by molar-refractivity contribution is 7.89. The van der Waals surface area contributed by atoms with Gasteiger partial charge in [0, 0.05) is 18.6 Å². The van der Waals surface area contributed by atoms with E-state index in [-0.39, 0.29) is 24.4 Å². The molecule has 0 aromatic heterocycles. The van der Waals surface area contributed by atoms with E-state index in [1.807, 2.05) is 11.8 Å². The van der Waals surface area contributed by atoms with E-state index < -0.39 is 16.0 Å². The van der Waals surface area contributed by atoms with Crippen LogP contribution in [0, 0.1) is 0 Å². The summed E-state index contributed by atoms with van der Waals surface area (Å²) in [7, 11) is -3.23. The minimum absolute atomic E-state index is 0.0234. The zero-order chi connectivity index (χ0) is 16.2. The molecule has 1 heterocycles. The topological polar surface area (TPSA) is 90.0 Å². The molecule has 0 unspecified atom stereocenters. The lowest BCUT2D eigenvalue weighted by atomic mass is 9.86. The van der Waals surface area contributed by atoms with Crippen LogP contribution in [0.1, 0.15) is 32.6 Å². The van der Waals surface area contributed by atoms with Crippen molar-refractivity contribution in [3.63, 3.8) is 0 Å². The minimum Gasteiger partial charge on any atom is -0.480 e. The number of sulfonamides is 1. The number of likely N-dealkylation sites (tertiary alicyclic amines) is 1. The van der Waals surface area contributed by atoms with Crippen molar-refractivity contribution in [1.29, 1.82) is 0 Å². The van der Waals surface area contributed by atoms with Gasteiger partial charge in [0.2, 0.25) is 10.0 Å². The average molecular weight is 333 g/mol. The molecule has 0 bridgehead atoms. The van der Waals surface area contributed by atoms with E-state index in [0.717, 1.165) is 25.9 Å². The zero-order valence-corrected chi connectivity index (χ0v) is 14.0. The summed E-state index contributed by atoms with van der Waals surface area (Å²) < 4.78 is 26.9. The molecule has 7 nitrogen and oxygen atoms in total. The Morgan fingerprint density at radius 1 is 1.32 bits per heavy atom. The van der Waals surface area contributed by atoms with Crippen LogP contribution in [0.4, 0.5) is 0 Å². The third kappa shape index (κ3) is 5.19. The number of carboxylic acids is 1. The number of carboxylic acid groups (broad SMARTS) is 1. The summed E-state index contributed by atoms with van der Waals surface area (Å²) in [5.74, 6) is -0.683. The maximum Gasteiger partial charge on any atom is 0.317 e. The number of hydrogen-bond donors (Lipinski definition) is 2. The third-order valence-electron chi connectivity index (χ3n) is 4.60. The van der Waals surface area contributed by atoms with Crippen LogP contribution in [-0.4, -0.2) is 79.9 Å². The second kappa shape index (κ2) is 7.72. The second-order valence-electron chi connectivity index (χ2n) is 6.26. The molecule has 2 fully saturated rings. The van der Waals surface area contributed by atoms with Crippen LogP contribution >= 0.6 is 0 Å². The number of carbonyl (C=O) groups is 1. The maximum atomic E-state index is 12.1. The van der Waals surface area contributed by atoms with Crippen molar-refractivity contribution in [2.24, 2.45) is 0 Å². The summed E-state index contributed by atoms with van der Waals surface area (Å²) in [5.41, 5.74) is 0. The van der Waals surface area contributed by atoms with E-state index in [1.54, 1.807) is 0 Å². The van der Waals surface area contributed by atoms with Crippen LogP contribution in [0.25, 0.3) is 0 Å².